The molecule has 162 valence electrons. The maximum absolute atomic E-state index is 12.2. The largest absolute Gasteiger partial charge is 0.493 e. The molecular weight excluding hydrogens is 396 g/mol. The number of carbonyl (C=O) groups excluding carboxylic acids is 2. The van der Waals surface area contributed by atoms with Crippen molar-refractivity contribution in [2.75, 3.05) is 26.9 Å². The van der Waals surface area contributed by atoms with E-state index in [1.807, 2.05) is 20.8 Å². The number of nitrogens with one attached hydrogen (secondary N) is 2. The van der Waals surface area contributed by atoms with Crippen LogP contribution in [-0.2, 0) is 9.53 Å². The van der Waals surface area contributed by atoms with Crippen molar-refractivity contribution < 1.29 is 23.8 Å². The molecule has 8 heteroatoms. The Labute approximate surface area is 177 Å². The van der Waals surface area contributed by atoms with Crippen LogP contribution in [0.2, 0.25) is 5.02 Å². The summed E-state index contributed by atoms with van der Waals surface area (Å²) in [6.45, 7) is 8.75. The van der Waals surface area contributed by atoms with Crippen LogP contribution in [0.15, 0.2) is 18.2 Å². The lowest BCUT2D eigenvalue weighted by atomic mass is 10.0. The van der Waals surface area contributed by atoms with Gasteiger partial charge in [-0.15, -0.1) is 0 Å². The third kappa shape index (κ3) is 9.09. The summed E-state index contributed by atoms with van der Waals surface area (Å²) in [5, 5.41) is 5.97. The molecule has 0 heterocycles. The third-order valence-electron chi connectivity index (χ3n) is 3.84. The van der Waals surface area contributed by atoms with Crippen molar-refractivity contribution >= 4 is 29.7 Å². The maximum atomic E-state index is 12.2. The Bertz CT molecular complexity index is 707. The number of carbonyl (C=O) groups is 2. The Morgan fingerprint density at radius 3 is 2.52 bits per heavy atom. The summed E-state index contributed by atoms with van der Waals surface area (Å²) < 4.78 is 15.7. The van der Waals surface area contributed by atoms with Gasteiger partial charge in [-0.05, 0) is 50.0 Å². The van der Waals surface area contributed by atoms with Crippen LogP contribution in [0.25, 0.3) is 6.08 Å². The molecule has 0 spiro atoms. The number of rotatable bonds is 11. The number of hydrogen-bond donors (Lipinski definition) is 2. The van der Waals surface area contributed by atoms with Crippen molar-refractivity contribution in [1.82, 2.24) is 10.6 Å². The van der Waals surface area contributed by atoms with Crippen LogP contribution in [0, 0.1) is 5.92 Å². The number of benzene rings is 1. The first-order valence-electron chi connectivity index (χ1n) is 9.70. The SMILES string of the molecule is CCOC(=O)NC(CNC(=O)C=Cc1cc(Cl)c(OCC)c(OC)c1)CC(C)C. The summed E-state index contributed by atoms with van der Waals surface area (Å²) >= 11 is 6.24. The predicted molar refractivity (Wildman–Crippen MR) is 115 cm³/mol. The molecule has 1 rings (SSSR count). The third-order valence-corrected chi connectivity index (χ3v) is 4.12. The fraction of sp³-hybridized carbons (Fsp3) is 0.524. The van der Waals surface area contributed by atoms with E-state index in [1.54, 1.807) is 25.1 Å². The smallest absolute Gasteiger partial charge is 0.407 e. The Hall–Kier alpha value is -2.41. The predicted octanol–water partition coefficient (Wildman–Crippen LogP) is 4.04. The average molecular weight is 427 g/mol. The van der Waals surface area contributed by atoms with Gasteiger partial charge in [0, 0.05) is 18.7 Å². The van der Waals surface area contributed by atoms with Crippen LogP contribution in [0.4, 0.5) is 4.79 Å². The first-order valence-corrected chi connectivity index (χ1v) is 10.1. The van der Waals surface area contributed by atoms with Crippen LogP contribution < -0.4 is 20.1 Å². The van der Waals surface area contributed by atoms with Crippen LogP contribution in [0.1, 0.15) is 39.7 Å². The molecular formula is C21H31ClN2O5. The van der Waals surface area contributed by atoms with Gasteiger partial charge in [0.1, 0.15) is 0 Å². The molecule has 1 aromatic rings. The van der Waals surface area contributed by atoms with Crippen molar-refractivity contribution in [2.24, 2.45) is 5.92 Å². The number of methoxy groups -OCH3 is 1. The first kappa shape index (κ1) is 24.6. The molecule has 1 atom stereocenters. The van der Waals surface area contributed by atoms with Gasteiger partial charge >= 0.3 is 6.09 Å². The van der Waals surface area contributed by atoms with E-state index < -0.39 is 6.09 Å². The summed E-state index contributed by atoms with van der Waals surface area (Å²) in [4.78, 5) is 23.9. The minimum atomic E-state index is -0.487. The zero-order valence-electron chi connectivity index (χ0n) is 17.7. The number of hydrogen-bond acceptors (Lipinski definition) is 5. The van der Waals surface area contributed by atoms with Crippen LogP contribution >= 0.6 is 11.6 Å². The van der Waals surface area contributed by atoms with Crippen LogP contribution in [0.5, 0.6) is 11.5 Å². The van der Waals surface area contributed by atoms with Gasteiger partial charge in [-0.3, -0.25) is 4.79 Å². The van der Waals surface area contributed by atoms with Crippen LogP contribution in [-0.4, -0.2) is 44.9 Å². The van der Waals surface area contributed by atoms with Gasteiger partial charge in [0.25, 0.3) is 0 Å². The second-order valence-corrected chi connectivity index (χ2v) is 7.14. The molecule has 0 aromatic heterocycles. The maximum Gasteiger partial charge on any atom is 0.407 e. The first-order chi connectivity index (χ1) is 13.8. The number of halogens is 1. The summed E-state index contributed by atoms with van der Waals surface area (Å²) in [6, 6.07) is 3.22. The molecule has 0 fully saturated rings. The molecule has 0 saturated carbocycles. The van der Waals surface area contributed by atoms with E-state index in [-0.39, 0.29) is 11.9 Å². The normalized spacial score (nSPS) is 12.0. The molecule has 0 aliphatic rings. The summed E-state index contributed by atoms with van der Waals surface area (Å²) in [7, 11) is 1.53. The fourth-order valence-electron chi connectivity index (χ4n) is 2.68. The highest BCUT2D eigenvalue weighted by atomic mass is 35.5. The zero-order chi connectivity index (χ0) is 21.8. The second kappa shape index (κ2) is 12.9. The lowest BCUT2D eigenvalue weighted by molar-refractivity contribution is -0.116. The molecule has 0 radical (unpaired) electrons. The molecule has 7 nitrogen and oxygen atoms in total. The number of amides is 2. The van der Waals surface area contributed by atoms with Gasteiger partial charge in [0.05, 0.1) is 25.3 Å². The highest BCUT2D eigenvalue weighted by Crippen LogP contribution is 2.36. The van der Waals surface area contributed by atoms with Gasteiger partial charge < -0.3 is 24.8 Å². The highest BCUT2D eigenvalue weighted by Gasteiger charge is 2.15. The van der Waals surface area contributed by atoms with Crippen molar-refractivity contribution in [2.45, 2.75) is 40.2 Å². The Balaban J connectivity index is 2.73. The van der Waals surface area contributed by atoms with E-state index in [9.17, 15) is 9.59 Å². The molecule has 2 amide bonds. The van der Waals surface area contributed by atoms with Gasteiger partial charge in [0.15, 0.2) is 11.5 Å². The molecule has 1 unspecified atom stereocenters. The minimum absolute atomic E-state index is 0.216. The number of alkyl carbamates (subject to hydrolysis) is 1. The van der Waals surface area contributed by atoms with Crippen molar-refractivity contribution in [1.29, 1.82) is 0 Å². The highest BCUT2D eigenvalue weighted by molar-refractivity contribution is 6.32. The lowest BCUT2D eigenvalue weighted by Crippen LogP contribution is -2.44. The zero-order valence-corrected chi connectivity index (χ0v) is 18.5. The molecule has 29 heavy (non-hydrogen) atoms. The summed E-state index contributed by atoms with van der Waals surface area (Å²) in [6.07, 6.45) is 3.27. The van der Waals surface area contributed by atoms with E-state index in [1.165, 1.54) is 13.2 Å². The monoisotopic (exact) mass is 426 g/mol. The molecule has 0 saturated heterocycles. The Morgan fingerprint density at radius 1 is 1.21 bits per heavy atom. The number of ether oxygens (including phenoxy) is 3. The summed E-state index contributed by atoms with van der Waals surface area (Å²) in [5.74, 6) is 1.04. The van der Waals surface area contributed by atoms with Crippen molar-refractivity contribution in [3.05, 3.63) is 28.8 Å². The lowest BCUT2D eigenvalue weighted by Gasteiger charge is -2.20. The molecule has 2 N–H and O–H groups in total. The topological polar surface area (TPSA) is 85.9 Å². The Morgan fingerprint density at radius 2 is 1.93 bits per heavy atom. The Kier molecular flexibility index (Phi) is 11.0. The van der Waals surface area contributed by atoms with Gasteiger partial charge in [-0.25, -0.2) is 4.79 Å². The van der Waals surface area contributed by atoms with E-state index in [2.05, 4.69) is 10.6 Å². The quantitative estimate of drug-likeness (QED) is 0.521. The van der Waals surface area contributed by atoms with Crippen molar-refractivity contribution in [3.8, 4) is 11.5 Å². The molecule has 0 bridgehead atoms. The van der Waals surface area contributed by atoms with Gasteiger partial charge in [0.2, 0.25) is 5.91 Å². The van der Waals surface area contributed by atoms with Gasteiger partial charge in [-0.1, -0.05) is 25.4 Å². The van der Waals surface area contributed by atoms with E-state index in [0.717, 1.165) is 0 Å². The van der Waals surface area contributed by atoms with E-state index in [0.29, 0.717) is 54.2 Å². The second-order valence-electron chi connectivity index (χ2n) is 6.74. The summed E-state index contributed by atoms with van der Waals surface area (Å²) in [5.41, 5.74) is 0.703. The van der Waals surface area contributed by atoms with Crippen molar-refractivity contribution in [3.63, 3.8) is 0 Å². The fourth-order valence-corrected chi connectivity index (χ4v) is 2.95. The van der Waals surface area contributed by atoms with E-state index in [4.69, 9.17) is 25.8 Å². The average Bonchev–Trinajstić information content (AvgIpc) is 2.66. The molecule has 0 aliphatic carbocycles. The van der Waals surface area contributed by atoms with E-state index >= 15 is 0 Å². The molecule has 0 aliphatic heterocycles. The van der Waals surface area contributed by atoms with Gasteiger partial charge in [-0.2, -0.15) is 0 Å². The van der Waals surface area contributed by atoms with Crippen LogP contribution in [0.3, 0.4) is 0 Å². The minimum Gasteiger partial charge on any atom is -0.493 e. The standard InChI is InChI=1S/C21H31ClN2O5/c1-6-28-20-17(22)11-15(12-18(20)27-5)8-9-19(25)23-13-16(10-14(3)4)24-21(26)29-7-2/h8-9,11-12,14,16H,6-7,10,13H2,1-5H3,(H,23,25)(H,24,26). The molecule has 1 aromatic carbocycles.